The molecule has 52 heavy (non-hydrogen) atoms. The van der Waals surface area contributed by atoms with Gasteiger partial charge in [-0.2, -0.15) is 0 Å². The smallest absolute Gasteiger partial charge is 0.0554 e. The maximum absolute atomic E-state index is 2.43. The van der Waals surface area contributed by atoms with Crippen molar-refractivity contribution in [3.8, 4) is 33.4 Å². The van der Waals surface area contributed by atoms with Crippen LogP contribution in [0.3, 0.4) is 0 Å². The highest BCUT2D eigenvalue weighted by molar-refractivity contribution is 7.26. The first kappa shape index (κ1) is 30.4. The summed E-state index contributed by atoms with van der Waals surface area (Å²) in [6, 6.07) is 72.9. The number of anilines is 3. The summed E-state index contributed by atoms with van der Waals surface area (Å²) in [5.41, 5.74) is 10.8. The van der Waals surface area contributed by atoms with Gasteiger partial charge >= 0.3 is 0 Å². The van der Waals surface area contributed by atoms with Crippen molar-refractivity contribution in [1.29, 1.82) is 0 Å². The average molecular weight is 680 g/mol. The molecule has 0 radical (unpaired) electrons. The second-order valence-corrected chi connectivity index (χ2v) is 14.4. The molecule has 0 amide bonds. The molecule has 0 spiro atoms. The third kappa shape index (κ3) is 5.24. The summed E-state index contributed by atoms with van der Waals surface area (Å²) in [4.78, 5) is 2.43. The second kappa shape index (κ2) is 12.7. The van der Waals surface area contributed by atoms with Gasteiger partial charge < -0.3 is 4.90 Å². The second-order valence-electron chi connectivity index (χ2n) is 13.3. The molecule has 9 aromatic carbocycles. The number of fused-ring (bicyclic) bond motifs is 5. The molecular weight excluding hydrogens is 647 g/mol. The molecule has 0 fully saturated rings. The van der Waals surface area contributed by atoms with Gasteiger partial charge in [-0.1, -0.05) is 146 Å². The summed E-state index contributed by atoms with van der Waals surface area (Å²) in [5, 5.41) is 7.59. The normalized spacial score (nSPS) is 11.5. The van der Waals surface area contributed by atoms with E-state index in [1.165, 1.54) is 80.8 Å². The van der Waals surface area contributed by atoms with Gasteiger partial charge in [-0.25, -0.2) is 0 Å². The molecule has 10 rings (SSSR count). The number of rotatable bonds is 6. The lowest BCUT2D eigenvalue weighted by atomic mass is 9.93. The van der Waals surface area contributed by atoms with Gasteiger partial charge in [0.25, 0.3) is 0 Å². The van der Waals surface area contributed by atoms with Gasteiger partial charge in [0, 0.05) is 31.5 Å². The predicted molar refractivity (Wildman–Crippen MR) is 225 cm³/mol. The van der Waals surface area contributed by atoms with Crippen molar-refractivity contribution in [1.82, 2.24) is 0 Å². The largest absolute Gasteiger partial charge is 0.310 e. The minimum absolute atomic E-state index is 1.12. The van der Waals surface area contributed by atoms with E-state index in [0.717, 1.165) is 11.4 Å². The third-order valence-corrected chi connectivity index (χ3v) is 11.4. The van der Waals surface area contributed by atoms with Crippen LogP contribution in [0.25, 0.3) is 75.1 Å². The van der Waals surface area contributed by atoms with Gasteiger partial charge in [-0.3, -0.25) is 0 Å². The fraction of sp³-hybridized carbons (Fsp3) is 0. The van der Waals surface area contributed by atoms with Crippen molar-refractivity contribution in [2.75, 3.05) is 4.90 Å². The maximum Gasteiger partial charge on any atom is 0.0554 e. The van der Waals surface area contributed by atoms with Crippen molar-refractivity contribution in [3.05, 3.63) is 200 Å². The quantitative estimate of drug-likeness (QED) is 0.169. The summed E-state index contributed by atoms with van der Waals surface area (Å²) in [6.07, 6.45) is 0. The molecule has 0 saturated heterocycles. The molecule has 2 heteroatoms. The Morgan fingerprint density at radius 3 is 1.63 bits per heavy atom. The number of nitrogens with zero attached hydrogens (tertiary/aromatic N) is 1. The van der Waals surface area contributed by atoms with E-state index in [1.54, 1.807) is 0 Å². The number of benzene rings is 9. The Kier molecular flexibility index (Phi) is 7.41. The highest BCUT2D eigenvalue weighted by Gasteiger charge is 2.19. The molecule has 1 heterocycles. The van der Waals surface area contributed by atoms with Crippen LogP contribution in [0.1, 0.15) is 0 Å². The first-order valence-corrected chi connectivity index (χ1v) is 18.6. The van der Waals surface area contributed by atoms with Gasteiger partial charge in [-0.15, -0.1) is 11.3 Å². The van der Waals surface area contributed by atoms with Gasteiger partial charge in [0.1, 0.15) is 0 Å². The summed E-state index contributed by atoms with van der Waals surface area (Å²) in [7, 11) is 0. The van der Waals surface area contributed by atoms with E-state index >= 15 is 0 Å². The molecule has 0 atom stereocenters. The SMILES string of the molecule is c1ccc(-c2cc(-c3ccc(N(c4ccc(-c5cccc6ccccc56)cc4)c4cccc5sc6ccccc6c45)cc3)c3ccccc3c2)cc1. The molecule has 1 aromatic heterocycles. The first-order valence-electron chi connectivity index (χ1n) is 17.8. The van der Waals surface area contributed by atoms with Crippen molar-refractivity contribution in [2.45, 2.75) is 0 Å². The van der Waals surface area contributed by atoms with E-state index in [0.29, 0.717) is 0 Å². The van der Waals surface area contributed by atoms with Gasteiger partial charge in [0.2, 0.25) is 0 Å². The first-order chi connectivity index (χ1) is 25.8. The average Bonchev–Trinajstić information content (AvgIpc) is 3.61. The molecule has 0 aliphatic heterocycles. The van der Waals surface area contributed by atoms with Crippen LogP contribution in [0, 0.1) is 0 Å². The topological polar surface area (TPSA) is 3.24 Å². The van der Waals surface area contributed by atoms with E-state index in [1.807, 2.05) is 11.3 Å². The number of hydrogen-bond acceptors (Lipinski definition) is 2. The van der Waals surface area contributed by atoms with Gasteiger partial charge in [0.15, 0.2) is 0 Å². The summed E-state index contributed by atoms with van der Waals surface area (Å²) in [5.74, 6) is 0. The Morgan fingerprint density at radius 2 is 0.885 bits per heavy atom. The fourth-order valence-corrected chi connectivity index (χ4v) is 8.90. The molecule has 0 saturated carbocycles. The van der Waals surface area contributed by atoms with E-state index < -0.39 is 0 Å². The van der Waals surface area contributed by atoms with Gasteiger partial charge in [0.05, 0.1) is 5.69 Å². The van der Waals surface area contributed by atoms with E-state index in [-0.39, 0.29) is 0 Å². The Labute approximate surface area is 307 Å². The zero-order chi connectivity index (χ0) is 34.4. The zero-order valence-electron chi connectivity index (χ0n) is 28.4. The molecule has 0 aliphatic rings. The fourth-order valence-electron chi connectivity index (χ4n) is 7.77. The van der Waals surface area contributed by atoms with Crippen LogP contribution in [-0.4, -0.2) is 0 Å². The van der Waals surface area contributed by atoms with Crippen molar-refractivity contribution in [2.24, 2.45) is 0 Å². The molecule has 244 valence electrons. The van der Waals surface area contributed by atoms with Crippen molar-refractivity contribution >= 4 is 70.1 Å². The van der Waals surface area contributed by atoms with Crippen LogP contribution >= 0.6 is 11.3 Å². The monoisotopic (exact) mass is 679 g/mol. The van der Waals surface area contributed by atoms with Crippen LogP contribution in [0.2, 0.25) is 0 Å². The minimum atomic E-state index is 1.12. The summed E-state index contributed by atoms with van der Waals surface area (Å²) < 4.78 is 2.59. The van der Waals surface area contributed by atoms with E-state index in [4.69, 9.17) is 0 Å². The standard InChI is InChI=1S/C50H33NS/c1-2-12-34(13-3-1)39-32-38-15-5-7-18-44(38)46(33-39)37-26-30-41(31-27-37)51(47-21-11-23-49-50(47)45-19-8-9-22-48(45)52-49)40-28-24-36(25-29-40)43-20-10-16-35-14-4-6-17-42(35)43/h1-33H. The lowest BCUT2D eigenvalue weighted by molar-refractivity contribution is 1.30. The Bertz CT molecular complexity index is 2880. The van der Waals surface area contributed by atoms with E-state index in [9.17, 15) is 0 Å². The van der Waals surface area contributed by atoms with E-state index in [2.05, 4.69) is 205 Å². The summed E-state index contributed by atoms with van der Waals surface area (Å²) in [6.45, 7) is 0. The molecule has 1 nitrogen and oxygen atoms in total. The van der Waals surface area contributed by atoms with Crippen LogP contribution < -0.4 is 4.90 Å². The molecule has 0 N–H and O–H groups in total. The lowest BCUT2D eigenvalue weighted by Gasteiger charge is -2.27. The van der Waals surface area contributed by atoms with Crippen molar-refractivity contribution < 1.29 is 0 Å². The van der Waals surface area contributed by atoms with Crippen LogP contribution in [0.5, 0.6) is 0 Å². The molecule has 10 aromatic rings. The number of thiophene rings is 1. The highest BCUT2D eigenvalue weighted by atomic mass is 32.1. The number of hydrogen-bond donors (Lipinski definition) is 0. The zero-order valence-corrected chi connectivity index (χ0v) is 29.2. The maximum atomic E-state index is 2.43. The third-order valence-electron chi connectivity index (χ3n) is 10.3. The molecule has 0 bridgehead atoms. The van der Waals surface area contributed by atoms with Crippen molar-refractivity contribution in [3.63, 3.8) is 0 Å². The van der Waals surface area contributed by atoms with Crippen LogP contribution in [0.4, 0.5) is 17.1 Å². The lowest BCUT2D eigenvalue weighted by Crippen LogP contribution is -2.10. The Morgan fingerprint density at radius 1 is 0.327 bits per heavy atom. The van der Waals surface area contributed by atoms with Crippen LogP contribution in [0.15, 0.2) is 200 Å². The minimum Gasteiger partial charge on any atom is -0.310 e. The highest BCUT2D eigenvalue weighted by Crippen LogP contribution is 2.46. The summed E-state index contributed by atoms with van der Waals surface area (Å²) >= 11 is 1.86. The molecular formula is C50H33NS. The van der Waals surface area contributed by atoms with Gasteiger partial charge in [-0.05, 0) is 110 Å². The Hall–Kier alpha value is -6.48. The molecule has 0 unspecified atom stereocenters. The van der Waals surface area contributed by atoms with Crippen LogP contribution in [-0.2, 0) is 0 Å². The molecule has 0 aliphatic carbocycles. The Balaban J connectivity index is 1.13. The predicted octanol–water partition coefficient (Wildman–Crippen LogP) is 14.8.